The molecule has 2 atom stereocenters. The van der Waals surface area contributed by atoms with Crippen LogP contribution in [-0.2, 0) is 4.74 Å². The SMILES string of the molecule is COCC1CCC[C@@H]1Nc1n[nH]c2nccc(Oc3ccc(NC(=O)c4ccnn(-c5ccc(F)cc5)c4=O)cc3F)c12. The van der Waals surface area contributed by atoms with Gasteiger partial charge >= 0.3 is 0 Å². The molecule has 0 saturated heterocycles. The minimum absolute atomic E-state index is 0.0849. The van der Waals surface area contributed by atoms with Crippen LogP contribution in [0.25, 0.3) is 16.7 Å². The fraction of sp³-hybridized carbons (Fsp3) is 0.233. The minimum atomic E-state index is -0.764. The van der Waals surface area contributed by atoms with Crippen molar-refractivity contribution in [3.8, 4) is 17.2 Å². The van der Waals surface area contributed by atoms with Gasteiger partial charge in [-0.05, 0) is 55.3 Å². The summed E-state index contributed by atoms with van der Waals surface area (Å²) in [6, 6.07) is 12.0. The highest BCUT2D eigenvalue weighted by molar-refractivity contribution is 6.04. The number of nitrogens with zero attached hydrogens (tertiary/aromatic N) is 4. The molecule has 2 aromatic carbocycles. The molecule has 11 nitrogen and oxygen atoms in total. The zero-order chi connectivity index (χ0) is 29.9. The van der Waals surface area contributed by atoms with Crippen LogP contribution in [0.4, 0.5) is 20.3 Å². The maximum atomic E-state index is 15.2. The molecule has 220 valence electrons. The van der Waals surface area contributed by atoms with E-state index in [0.717, 1.165) is 30.0 Å². The Balaban J connectivity index is 1.20. The Labute approximate surface area is 243 Å². The third-order valence-electron chi connectivity index (χ3n) is 7.36. The van der Waals surface area contributed by atoms with Crippen molar-refractivity contribution in [2.75, 3.05) is 24.4 Å². The second kappa shape index (κ2) is 12.0. The van der Waals surface area contributed by atoms with Crippen LogP contribution in [0.1, 0.15) is 29.6 Å². The Kier molecular flexibility index (Phi) is 7.79. The summed E-state index contributed by atoms with van der Waals surface area (Å²) in [5.74, 6) is -0.824. The number of aromatic amines is 1. The summed E-state index contributed by atoms with van der Waals surface area (Å²) >= 11 is 0. The summed E-state index contributed by atoms with van der Waals surface area (Å²) in [6.07, 6.45) is 5.91. The summed E-state index contributed by atoms with van der Waals surface area (Å²) in [4.78, 5) is 30.1. The molecular weight excluding hydrogens is 560 g/mol. The first-order chi connectivity index (χ1) is 20.9. The van der Waals surface area contributed by atoms with Gasteiger partial charge in [0.2, 0.25) is 0 Å². The van der Waals surface area contributed by atoms with Crippen LogP contribution in [0.3, 0.4) is 0 Å². The number of anilines is 2. The van der Waals surface area contributed by atoms with Crippen LogP contribution in [0.5, 0.6) is 11.5 Å². The van der Waals surface area contributed by atoms with E-state index < -0.39 is 23.1 Å². The number of benzene rings is 2. The first-order valence-corrected chi connectivity index (χ1v) is 13.6. The lowest BCUT2D eigenvalue weighted by atomic mass is 10.1. The molecule has 3 N–H and O–H groups in total. The number of methoxy groups -OCH3 is 1. The van der Waals surface area contributed by atoms with Crippen LogP contribution < -0.4 is 20.9 Å². The smallest absolute Gasteiger partial charge is 0.284 e. The number of pyridine rings is 1. The Morgan fingerprint density at radius 3 is 2.70 bits per heavy atom. The zero-order valence-electron chi connectivity index (χ0n) is 23.0. The molecule has 0 radical (unpaired) electrons. The number of aromatic nitrogens is 5. The lowest BCUT2D eigenvalue weighted by molar-refractivity contribution is 0.102. The molecule has 13 heteroatoms. The number of hydrogen-bond acceptors (Lipinski definition) is 8. The van der Waals surface area contributed by atoms with Gasteiger partial charge in [0, 0.05) is 49.3 Å². The number of carbonyl (C=O) groups is 1. The largest absolute Gasteiger partial charge is 0.453 e. The van der Waals surface area contributed by atoms with Gasteiger partial charge < -0.3 is 20.1 Å². The molecule has 1 saturated carbocycles. The fourth-order valence-corrected chi connectivity index (χ4v) is 5.26. The standard InChI is InChI=1S/C30H27F2N7O4/c1-42-16-17-3-2-4-23(17)36-28-26-25(12-13-33-27(26)37-38-28)43-24-10-7-19(15-22(24)32)35-29(40)21-11-14-34-39(30(21)41)20-8-5-18(31)6-9-20/h5-15,17,23H,2-4,16H2,1H3,(H,35,40)(H2,33,36,37,38)/t17?,23-/m0/s1. The zero-order valence-corrected chi connectivity index (χ0v) is 23.0. The molecule has 6 rings (SSSR count). The van der Waals surface area contributed by atoms with E-state index in [1.807, 2.05) is 0 Å². The number of H-pyrrole nitrogens is 1. The highest BCUT2D eigenvalue weighted by atomic mass is 19.1. The minimum Gasteiger partial charge on any atom is -0.453 e. The highest BCUT2D eigenvalue weighted by Gasteiger charge is 2.29. The molecule has 0 bridgehead atoms. The molecule has 3 aromatic heterocycles. The molecule has 5 aromatic rings. The van der Waals surface area contributed by atoms with E-state index in [9.17, 15) is 14.0 Å². The van der Waals surface area contributed by atoms with Gasteiger partial charge in [-0.25, -0.2) is 13.8 Å². The van der Waals surface area contributed by atoms with Gasteiger partial charge in [0.1, 0.15) is 22.5 Å². The van der Waals surface area contributed by atoms with E-state index >= 15 is 4.39 Å². The van der Waals surface area contributed by atoms with Crippen molar-refractivity contribution < 1.29 is 23.0 Å². The number of hydrogen-bond donors (Lipinski definition) is 3. The molecule has 0 spiro atoms. The van der Waals surface area contributed by atoms with E-state index in [-0.39, 0.29) is 28.7 Å². The van der Waals surface area contributed by atoms with Crippen molar-refractivity contribution in [3.05, 3.63) is 94.5 Å². The normalized spacial score (nSPS) is 16.3. The maximum Gasteiger partial charge on any atom is 0.284 e. The monoisotopic (exact) mass is 587 g/mol. The molecule has 1 aliphatic carbocycles. The molecule has 0 aliphatic heterocycles. The van der Waals surface area contributed by atoms with E-state index in [0.29, 0.717) is 35.1 Å². The van der Waals surface area contributed by atoms with Gasteiger partial charge in [-0.1, -0.05) is 6.42 Å². The Bertz CT molecular complexity index is 1840. The Morgan fingerprint density at radius 1 is 1.07 bits per heavy atom. The Hall–Kier alpha value is -5.17. The third-order valence-corrected chi connectivity index (χ3v) is 7.36. The predicted octanol–water partition coefficient (Wildman–Crippen LogP) is 5.05. The number of rotatable bonds is 9. The van der Waals surface area contributed by atoms with E-state index in [1.165, 1.54) is 54.9 Å². The van der Waals surface area contributed by atoms with E-state index in [1.54, 1.807) is 13.2 Å². The van der Waals surface area contributed by atoms with Crippen molar-refractivity contribution in [3.63, 3.8) is 0 Å². The van der Waals surface area contributed by atoms with Crippen LogP contribution in [0.15, 0.2) is 71.8 Å². The number of amides is 1. The first-order valence-electron chi connectivity index (χ1n) is 13.6. The molecule has 1 aliphatic rings. The molecule has 1 unspecified atom stereocenters. The van der Waals surface area contributed by atoms with Gasteiger partial charge in [-0.3, -0.25) is 14.7 Å². The number of halogens is 2. The van der Waals surface area contributed by atoms with Gasteiger partial charge in [-0.2, -0.15) is 14.9 Å². The molecule has 1 amide bonds. The van der Waals surface area contributed by atoms with Crippen LogP contribution >= 0.6 is 0 Å². The average molecular weight is 588 g/mol. The summed E-state index contributed by atoms with van der Waals surface area (Å²) in [5.41, 5.74) is -0.0731. The van der Waals surface area contributed by atoms with Crippen LogP contribution in [0, 0.1) is 17.6 Å². The topological polar surface area (TPSA) is 136 Å². The van der Waals surface area contributed by atoms with Gasteiger partial charge in [-0.15, -0.1) is 0 Å². The second-order valence-corrected chi connectivity index (χ2v) is 10.1. The summed E-state index contributed by atoms with van der Waals surface area (Å²) < 4.78 is 40.8. The molecular formula is C30H27F2N7O4. The molecule has 1 fully saturated rings. The van der Waals surface area contributed by atoms with Crippen LogP contribution in [-0.4, -0.2) is 50.6 Å². The van der Waals surface area contributed by atoms with Crippen molar-refractivity contribution >= 4 is 28.4 Å². The lowest BCUT2D eigenvalue weighted by Crippen LogP contribution is -2.29. The Morgan fingerprint density at radius 2 is 1.91 bits per heavy atom. The number of ether oxygens (including phenoxy) is 2. The highest BCUT2D eigenvalue weighted by Crippen LogP contribution is 2.36. The van der Waals surface area contributed by atoms with Crippen LogP contribution in [0.2, 0.25) is 0 Å². The van der Waals surface area contributed by atoms with E-state index in [4.69, 9.17) is 9.47 Å². The number of carbonyl (C=O) groups excluding carboxylic acids is 1. The number of nitrogens with one attached hydrogen (secondary N) is 3. The predicted molar refractivity (Wildman–Crippen MR) is 155 cm³/mol. The van der Waals surface area contributed by atoms with Gasteiger partial charge in [0.15, 0.2) is 23.0 Å². The average Bonchev–Trinajstić information content (AvgIpc) is 3.63. The maximum absolute atomic E-state index is 15.2. The van der Waals surface area contributed by atoms with Crippen molar-refractivity contribution in [2.45, 2.75) is 25.3 Å². The quantitative estimate of drug-likeness (QED) is 0.218. The number of fused-ring (bicyclic) bond motifs is 1. The van der Waals surface area contributed by atoms with Gasteiger partial charge in [0.25, 0.3) is 11.5 Å². The second-order valence-electron chi connectivity index (χ2n) is 10.1. The first kappa shape index (κ1) is 28.0. The summed E-state index contributed by atoms with van der Waals surface area (Å²) in [6.45, 7) is 0.640. The van der Waals surface area contributed by atoms with Crippen molar-refractivity contribution in [1.29, 1.82) is 0 Å². The molecule has 3 heterocycles. The van der Waals surface area contributed by atoms with Crippen molar-refractivity contribution in [1.82, 2.24) is 25.0 Å². The van der Waals surface area contributed by atoms with Gasteiger partial charge in [0.05, 0.1) is 12.3 Å². The van der Waals surface area contributed by atoms with Crippen molar-refractivity contribution in [2.24, 2.45) is 5.92 Å². The third kappa shape index (κ3) is 5.79. The fourth-order valence-electron chi connectivity index (χ4n) is 5.26. The lowest BCUT2D eigenvalue weighted by Gasteiger charge is -2.20. The summed E-state index contributed by atoms with van der Waals surface area (Å²) in [7, 11) is 1.69. The molecule has 43 heavy (non-hydrogen) atoms. The summed E-state index contributed by atoms with van der Waals surface area (Å²) in [5, 5.41) is 17.8. The van der Waals surface area contributed by atoms with E-state index in [2.05, 4.69) is 30.9 Å².